The minimum Gasteiger partial charge on any atom is -0.493 e. The molecule has 110 valence electrons. The van der Waals surface area contributed by atoms with Gasteiger partial charge in [-0.1, -0.05) is 19.1 Å². The van der Waals surface area contributed by atoms with Crippen LogP contribution in [0.25, 0.3) is 0 Å². The number of likely N-dealkylation sites (N-methyl/N-ethyl adjacent to an activating group) is 1. The van der Waals surface area contributed by atoms with Gasteiger partial charge in [0.15, 0.2) is 0 Å². The van der Waals surface area contributed by atoms with Crippen LogP contribution in [-0.2, 0) is 12.8 Å². The summed E-state index contributed by atoms with van der Waals surface area (Å²) in [6.07, 6.45) is 5.00. The van der Waals surface area contributed by atoms with Gasteiger partial charge in [-0.3, -0.25) is 4.90 Å². The van der Waals surface area contributed by atoms with Crippen LogP contribution in [0, 0.1) is 0 Å². The second kappa shape index (κ2) is 6.59. The molecule has 1 aromatic carbocycles. The molecule has 1 heterocycles. The van der Waals surface area contributed by atoms with Crippen molar-refractivity contribution in [1.29, 1.82) is 0 Å². The van der Waals surface area contributed by atoms with E-state index in [9.17, 15) is 0 Å². The minimum absolute atomic E-state index is 0.852. The first-order valence-corrected chi connectivity index (χ1v) is 8.06. The Morgan fingerprint density at radius 2 is 2.20 bits per heavy atom. The van der Waals surface area contributed by atoms with E-state index < -0.39 is 0 Å². The lowest BCUT2D eigenvalue weighted by Gasteiger charge is -2.19. The number of ether oxygens (including phenoxy) is 1. The number of nitrogens with one attached hydrogen (secondary N) is 1. The van der Waals surface area contributed by atoms with Crippen molar-refractivity contribution in [3.63, 3.8) is 0 Å². The van der Waals surface area contributed by atoms with E-state index in [1.54, 1.807) is 0 Å². The lowest BCUT2D eigenvalue weighted by Crippen LogP contribution is -2.34. The molecule has 1 fully saturated rings. The molecule has 20 heavy (non-hydrogen) atoms. The lowest BCUT2D eigenvalue weighted by molar-refractivity contribution is 0.277. The molecule has 0 unspecified atom stereocenters. The fourth-order valence-electron chi connectivity index (χ4n) is 3.01. The maximum atomic E-state index is 5.54. The van der Waals surface area contributed by atoms with Gasteiger partial charge in [0.1, 0.15) is 5.75 Å². The van der Waals surface area contributed by atoms with Crippen molar-refractivity contribution in [2.45, 2.75) is 38.6 Å². The van der Waals surface area contributed by atoms with Crippen molar-refractivity contribution in [3.8, 4) is 5.75 Å². The van der Waals surface area contributed by atoms with Crippen LogP contribution >= 0.6 is 0 Å². The second-order valence-electron chi connectivity index (χ2n) is 5.90. The molecule has 2 aliphatic rings. The first-order valence-electron chi connectivity index (χ1n) is 8.06. The van der Waals surface area contributed by atoms with E-state index in [-0.39, 0.29) is 0 Å². The summed E-state index contributed by atoms with van der Waals surface area (Å²) in [4.78, 5) is 2.60. The zero-order chi connectivity index (χ0) is 13.8. The van der Waals surface area contributed by atoms with E-state index in [4.69, 9.17) is 4.74 Å². The molecule has 0 radical (unpaired) electrons. The highest BCUT2D eigenvalue weighted by Gasteiger charge is 2.26. The molecular formula is C17H26N2O. The quantitative estimate of drug-likeness (QED) is 0.736. The van der Waals surface area contributed by atoms with E-state index in [1.807, 2.05) is 0 Å². The van der Waals surface area contributed by atoms with Crippen molar-refractivity contribution in [3.05, 3.63) is 29.3 Å². The number of nitrogens with zero attached hydrogens (tertiary/aromatic N) is 1. The van der Waals surface area contributed by atoms with Gasteiger partial charge in [0.25, 0.3) is 0 Å². The van der Waals surface area contributed by atoms with Crippen LogP contribution < -0.4 is 10.1 Å². The Kier molecular flexibility index (Phi) is 4.58. The molecule has 3 rings (SSSR count). The second-order valence-corrected chi connectivity index (χ2v) is 5.90. The van der Waals surface area contributed by atoms with Gasteiger partial charge in [-0.2, -0.15) is 0 Å². The molecular weight excluding hydrogens is 248 g/mol. The van der Waals surface area contributed by atoms with Gasteiger partial charge in [0.05, 0.1) is 6.61 Å². The average molecular weight is 274 g/mol. The Balaban J connectivity index is 1.35. The standard InChI is InChI=1S/C17H26N2O/c1-2-19(16-4-5-16)11-10-18-9-7-14-3-6-17-15(13-14)8-12-20-17/h3,6,13,16,18H,2,4-5,7-12H2,1H3. The highest BCUT2D eigenvalue weighted by atomic mass is 16.5. The minimum atomic E-state index is 0.852. The zero-order valence-corrected chi connectivity index (χ0v) is 12.5. The third-order valence-corrected chi connectivity index (χ3v) is 4.39. The largest absolute Gasteiger partial charge is 0.493 e. The highest BCUT2D eigenvalue weighted by molar-refractivity contribution is 5.39. The van der Waals surface area contributed by atoms with Crippen molar-refractivity contribution in [2.75, 3.05) is 32.8 Å². The number of hydrogen-bond donors (Lipinski definition) is 1. The van der Waals surface area contributed by atoms with E-state index in [0.717, 1.165) is 44.3 Å². The van der Waals surface area contributed by atoms with Gasteiger partial charge in [0, 0.05) is 25.6 Å². The van der Waals surface area contributed by atoms with Crippen LogP contribution in [0.3, 0.4) is 0 Å². The third-order valence-electron chi connectivity index (χ3n) is 4.39. The molecule has 1 aliphatic carbocycles. The van der Waals surface area contributed by atoms with Crippen LogP contribution in [-0.4, -0.2) is 43.7 Å². The predicted octanol–water partition coefficient (Wildman–Crippen LogP) is 2.24. The highest BCUT2D eigenvalue weighted by Crippen LogP contribution is 2.26. The summed E-state index contributed by atoms with van der Waals surface area (Å²) in [6.45, 7) is 7.69. The van der Waals surface area contributed by atoms with E-state index in [0.29, 0.717) is 0 Å². The molecule has 1 N–H and O–H groups in total. The summed E-state index contributed by atoms with van der Waals surface area (Å²) >= 11 is 0. The first-order chi connectivity index (χ1) is 9.86. The SMILES string of the molecule is CCN(CCNCCc1ccc2c(c1)CCO2)C1CC1. The molecule has 0 spiro atoms. The zero-order valence-electron chi connectivity index (χ0n) is 12.5. The van der Waals surface area contributed by atoms with Gasteiger partial charge in [-0.25, -0.2) is 0 Å². The van der Waals surface area contributed by atoms with Gasteiger partial charge in [-0.15, -0.1) is 0 Å². The third kappa shape index (κ3) is 3.53. The van der Waals surface area contributed by atoms with Crippen LogP contribution in [0.15, 0.2) is 18.2 Å². The smallest absolute Gasteiger partial charge is 0.122 e. The molecule has 1 saturated carbocycles. The summed E-state index contributed by atoms with van der Waals surface area (Å²) in [7, 11) is 0. The fourth-order valence-corrected chi connectivity index (χ4v) is 3.01. The summed E-state index contributed by atoms with van der Waals surface area (Å²) in [5, 5.41) is 3.58. The number of rotatable bonds is 8. The molecule has 1 aliphatic heterocycles. The molecule has 0 aromatic heterocycles. The van der Waals surface area contributed by atoms with Crippen LogP contribution in [0.4, 0.5) is 0 Å². The number of hydrogen-bond acceptors (Lipinski definition) is 3. The monoisotopic (exact) mass is 274 g/mol. The first kappa shape index (κ1) is 13.9. The summed E-state index contributed by atoms with van der Waals surface area (Å²) < 4.78 is 5.54. The van der Waals surface area contributed by atoms with Crippen LogP contribution in [0.1, 0.15) is 30.9 Å². The maximum Gasteiger partial charge on any atom is 0.122 e. The van der Waals surface area contributed by atoms with Crippen molar-refractivity contribution >= 4 is 0 Å². The Hall–Kier alpha value is -1.06. The van der Waals surface area contributed by atoms with Crippen molar-refractivity contribution in [1.82, 2.24) is 10.2 Å². The Morgan fingerprint density at radius 3 is 3.00 bits per heavy atom. The molecule has 0 atom stereocenters. The maximum absolute atomic E-state index is 5.54. The van der Waals surface area contributed by atoms with Crippen LogP contribution in [0.2, 0.25) is 0 Å². The van der Waals surface area contributed by atoms with Crippen LogP contribution in [0.5, 0.6) is 5.75 Å². The Bertz CT molecular complexity index is 443. The molecule has 0 amide bonds. The Morgan fingerprint density at radius 1 is 1.30 bits per heavy atom. The van der Waals surface area contributed by atoms with Crippen molar-refractivity contribution in [2.24, 2.45) is 0 Å². The summed E-state index contributed by atoms with van der Waals surface area (Å²) in [6, 6.07) is 7.53. The fraction of sp³-hybridized carbons (Fsp3) is 0.647. The van der Waals surface area contributed by atoms with Gasteiger partial charge in [-0.05, 0) is 49.5 Å². The van der Waals surface area contributed by atoms with E-state index in [1.165, 1.54) is 37.1 Å². The molecule has 0 saturated heterocycles. The summed E-state index contributed by atoms with van der Waals surface area (Å²) in [5.41, 5.74) is 2.81. The predicted molar refractivity (Wildman–Crippen MR) is 82.5 cm³/mol. The molecule has 3 heteroatoms. The molecule has 1 aromatic rings. The van der Waals surface area contributed by atoms with E-state index in [2.05, 4.69) is 35.3 Å². The number of benzene rings is 1. The molecule has 3 nitrogen and oxygen atoms in total. The van der Waals surface area contributed by atoms with Gasteiger partial charge >= 0.3 is 0 Å². The number of fused-ring (bicyclic) bond motifs is 1. The lowest BCUT2D eigenvalue weighted by atomic mass is 10.1. The Labute approximate surface area is 122 Å². The summed E-state index contributed by atoms with van der Waals surface area (Å²) in [5.74, 6) is 1.09. The van der Waals surface area contributed by atoms with Gasteiger partial charge < -0.3 is 10.1 Å². The average Bonchev–Trinajstić information content (AvgIpc) is 3.20. The topological polar surface area (TPSA) is 24.5 Å². The normalized spacial score (nSPS) is 17.3. The molecule has 0 bridgehead atoms. The van der Waals surface area contributed by atoms with E-state index >= 15 is 0 Å². The van der Waals surface area contributed by atoms with Crippen molar-refractivity contribution < 1.29 is 4.74 Å². The van der Waals surface area contributed by atoms with Gasteiger partial charge in [0.2, 0.25) is 0 Å².